The second-order valence-corrected chi connectivity index (χ2v) is 1.86. The molecule has 0 aromatic rings. The lowest BCUT2D eigenvalue weighted by atomic mass is 10.5. The third kappa shape index (κ3) is 7.88. The van der Waals surface area contributed by atoms with Crippen molar-refractivity contribution in [3.63, 3.8) is 0 Å². The number of rotatable bonds is 0. The third-order valence-corrected chi connectivity index (χ3v) is 0.846. The summed E-state index contributed by atoms with van der Waals surface area (Å²) in [6.45, 7) is 3.83. The molecule has 56 valence electrons. The summed E-state index contributed by atoms with van der Waals surface area (Å²) in [7, 11) is 3.75. The van der Waals surface area contributed by atoms with Gasteiger partial charge in [-0.1, -0.05) is 0 Å². The van der Waals surface area contributed by atoms with Crippen molar-refractivity contribution in [2.24, 2.45) is 0 Å². The summed E-state index contributed by atoms with van der Waals surface area (Å²) >= 11 is 0. The van der Waals surface area contributed by atoms with Crippen molar-refractivity contribution in [1.82, 2.24) is 10.6 Å². The fraction of sp³-hybridized carbons (Fsp3) is 1.00. The smallest absolute Gasteiger partial charge is 0.0591 e. The van der Waals surface area contributed by atoms with Gasteiger partial charge in [0.2, 0.25) is 0 Å². The highest BCUT2D eigenvalue weighted by molar-refractivity contribution is 4.49. The van der Waals surface area contributed by atoms with E-state index in [2.05, 4.69) is 10.6 Å². The van der Waals surface area contributed by atoms with Gasteiger partial charge in [0.15, 0.2) is 0 Å². The lowest BCUT2D eigenvalue weighted by Gasteiger charge is -2.10. The molecule has 0 radical (unpaired) electrons. The van der Waals surface area contributed by atoms with E-state index in [1.54, 1.807) is 0 Å². The van der Waals surface area contributed by atoms with Crippen molar-refractivity contribution in [1.29, 1.82) is 0 Å². The van der Waals surface area contributed by atoms with Crippen molar-refractivity contribution >= 4 is 0 Å². The van der Waals surface area contributed by atoms with Crippen LogP contribution in [-0.2, 0) is 4.74 Å². The molecule has 1 fully saturated rings. The Kier molecular flexibility index (Phi) is 7.77. The maximum Gasteiger partial charge on any atom is 0.0591 e. The van der Waals surface area contributed by atoms with Crippen LogP contribution in [0.3, 0.4) is 0 Å². The number of hydrogen-bond donors (Lipinski definition) is 2. The van der Waals surface area contributed by atoms with Crippen LogP contribution in [0.15, 0.2) is 0 Å². The normalized spacial score (nSPS) is 18.0. The van der Waals surface area contributed by atoms with Gasteiger partial charge in [0.05, 0.1) is 13.2 Å². The zero-order chi connectivity index (χ0) is 6.95. The first kappa shape index (κ1) is 8.88. The predicted molar refractivity (Wildman–Crippen MR) is 38.7 cm³/mol. The lowest BCUT2D eigenvalue weighted by molar-refractivity contribution is 0.109. The van der Waals surface area contributed by atoms with E-state index in [1.807, 2.05) is 14.1 Å². The van der Waals surface area contributed by atoms with Crippen molar-refractivity contribution in [2.45, 2.75) is 0 Å². The zero-order valence-electron chi connectivity index (χ0n) is 6.24. The highest BCUT2D eigenvalue weighted by atomic mass is 16.5. The van der Waals surface area contributed by atoms with Crippen molar-refractivity contribution in [2.75, 3.05) is 40.4 Å². The highest BCUT2D eigenvalue weighted by Crippen LogP contribution is 1.76. The quantitative estimate of drug-likeness (QED) is 0.463. The first-order valence-electron chi connectivity index (χ1n) is 3.28. The van der Waals surface area contributed by atoms with Gasteiger partial charge in [-0.05, 0) is 14.1 Å². The summed E-state index contributed by atoms with van der Waals surface area (Å²) in [5.41, 5.74) is 0. The first-order chi connectivity index (χ1) is 4.41. The molecule has 0 bridgehead atoms. The van der Waals surface area contributed by atoms with E-state index in [1.165, 1.54) is 0 Å². The first-order valence-corrected chi connectivity index (χ1v) is 3.28. The summed E-state index contributed by atoms with van der Waals surface area (Å²) < 4.78 is 5.01. The van der Waals surface area contributed by atoms with Gasteiger partial charge < -0.3 is 15.4 Å². The molecule has 0 aromatic heterocycles. The molecule has 0 amide bonds. The largest absolute Gasteiger partial charge is 0.379 e. The van der Waals surface area contributed by atoms with Gasteiger partial charge in [0.1, 0.15) is 0 Å². The monoisotopic (exact) mass is 132 g/mol. The molecule has 1 heterocycles. The molecule has 0 spiro atoms. The zero-order valence-corrected chi connectivity index (χ0v) is 6.24. The van der Waals surface area contributed by atoms with Crippen LogP contribution < -0.4 is 10.6 Å². The Morgan fingerprint density at radius 2 is 1.67 bits per heavy atom. The van der Waals surface area contributed by atoms with Crippen LogP contribution in [-0.4, -0.2) is 40.4 Å². The Hall–Kier alpha value is -0.120. The van der Waals surface area contributed by atoms with Crippen LogP contribution in [0, 0.1) is 0 Å². The predicted octanol–water partition coefficient (Wildman–Crippen LogP) is -0.558. The van der Waals surface area contributed by atoms with E-state index in [0.29, 0.717) is 0 Å². The average molecular weight is 132 g/mol. The second-order valence-electron chi connectivity index (χ2n) is 1.86. The van der Waals surface area contributed by atoms with Crippen LogP contribution in [0.25, 0.3) is 0 Å². The Morgan fingerprint density at radius 1 is 1.22 bits per heavy atom. The van der Waals surface area contributed by atoms with Gasteiger partial charge >= 0.3 is 0 Å². The fourth-order valence-corrected chi connectivity index (χ4v) is 0.516. The minimum absolute atomic E-state index is 0.889. The molecule has 0 saturated carbocycles. The van der Waals surface area contributed by atoms with E-state index < -0.39 is 0 Å². The number of morpholine rings is 1. The fourth-order valence-electron chi connectivity index (χ4n) is 0.516. The van der Waals surface area contributed by atoms with Crippen molar-refractivity contribution in [3.8, 4) is 0 Å². The van der Waals surface area contributed by atoms with Crippen LogP contribution in [0.2, 0.25) is 0 Å². The van der Waals surface area contributed by atoms with Gasteiger partial charge in [-0.2, -0.15) is 0 Å². The molecule has 2 N–H and O–H groups in total. The molecule has 0 aromatic carbocycles. The number of hydrogen-bond acceptors (Lipinski definition) is 3. The van der Waals surface area contributed by atoms with Gasteiger partial charge in [-0.15, -0.1) is 0 Å². The molecule has 0 unspecified atom stereocenters. The van der Waals surface area contributed by atoms with Crippen molar-refractivity contribution in [3.05, 3.63) is 0 Å². The number of ether oxygens (including phenoxy) is 1. The topological polar surface area (TPSA) is 33.3 Å². The Labute approximate surface area is 56.8 Å². The SMILES string of the molecule is C1COCCN1.CNC. The average Bonchev–Trinajstić information content (AvgIpc) is 1.93. The Balaban J connectivity index is 0.000000187. The third-order valence-electron chi connectivity index (χ3n) is 0.846. The maximum absolute atomic E-state index is 5.01. The van der Waals surface area contributed by atoms with Gasteiger partial charge in [-0.3, -0.25) is 0 Å². The molecule has 1 aliphatic heterocycles. The molecular formula is C6H16N2O. The van der Waals surface area contributed by atoms with Gasteiger partial charge in [0.25, 0.3) is 0 Å². The lowest BCUT2D eigenvalue weighted by Crippen LogP contribution is -2.30. The van der Waals surface area contributed by atoms with E-state index in [-0.39, 0.29) is 0 Å². The summed E-state index contributed by atoms with van der Waals surface area (Å²) in [5, 5.41) is 5.91. The van der Waals surface area contributed by atoms with E-state index in [4.69, 9.17) is 4.74 Å². The molecule has 0 aliphatic carbocycles. The Bertz CT molecular complexity index is 34.8. The molecule has 9 heavy (non-hydrogen) atoms. The van der Waals surface area contributed by atoms with E-state index in [9.17, 15) is 0 Å². The molecule has 0 atom stereocenters. The molecule has 1 saturated heterocycles. The highest BCUT2D eigenvalue weighted by Gasteiger charge is 1.92. The van der Waals surface area contributed by atoms with E-state index in [0.717, 1.165) is 26.3 Å². The standard InChI is InChI=1S/C4H9NO.C2H7N/c1-3-6-4-2-5-1;1-3-2/h5H,1-4H2;3H,1-2H3. The maximum atomic E-state index is 5.01. The minimum atomic E-state index is 0.889. The van der Waals surface area contributed by atoms with Crippen LogP contribution in [0.4, 0.5) is 0 Å². The summed E-state index contributed by atoms with van der Waals surface area (Å²) in [6.07, 6.45) is 0. The number of nitrogens with one attached hydrogen (secondary N) is 2. The van der Waals surface area contributed by atoms with Gasteiger partial charge in [0, 0.05) is 13.1 Å². The van der Waals surface area contributed by atoms with Gasteiger partial charge in [-0.25, -0.2) is 0 Å². The van der Waals surface area contributed by atoms with Crippen molar-refractivity contribution < 1.29 is 4.74 Å². The molecule has 3 nitrogen and oxygen atoms in total. The summed E-state index contributed by atoms with van der Waals surface area (Å²) in [4.78, 5) is 0. The summed E-state index contributed by atoms with van der Waals surface area (Å²) in [6, 6.07) is 0. The van der Waals surface area contributed by atoms with Crippen LogP contribution in [0.1, 0.15) is 0 Å². The Morgan fingerprint density at radius 3 is 1.78 bits per heavy atom. The second kappa shape index (κ2) is 7.88. The van der Waals surface area contributed by atoms with E-state index >= 15 is 0 Å². The molecule has 3 heteroatoms. The van der Waals surface area contributed by atoms with Crippen LogP contribution >= 0.6 is 0 Å². The van der Waals surface area contributed by atoms with Crippen LogP contribution in [0.5, 0.6) is 0 Å². The minimum Gasteiger partial charge on any atom is -0.379 e. The molecule has 1 aliphatic rings. The molecular weight excluding hydrogens is 116 g/mol. The summed E-state index contributed by atoms with van der Waals surface area (Å²) in [5.74, 6) is 0. The molecule has 1 rings (SSSR count).